The second-order valence-corrected chi connectivity index (χ2v) is 6.70. The number of aromatic nitrogens is 2. The number of aryl methyl sites for hydroxylation is 1. The topological polar surface area (TPSA) is 54.9 Å². The van der Waals surface area contributed by atoms with Gasteiger partial charge in [0.05, 0.1) is 5.25 Å². The van der Waals surface area contributed by atoms with Crippen LogP contribution in [0.1, 0.15) is 18.7 Å². The number of rotatable bonds is 6. The van der Waals surface area contributed by atoms with Crippen LogP contribution in [0.3, 0.4) is 0 Å². The molecule has 0 spiro atoms. The zero-order chi connectivity index (χ0) is 14.5. The van der Waals surface area contributed by atoms with Gasteiger partial charge >= 0.3 is 0 Å². The molecule has 106 valence electrons. The van der Waals surface area contributed by atoms with Crippen LogP contribution in [0.2, 0.25) is 0 Å². The average molecular weight is 307 g/mol. The molecule has 0 aliphatic carbocycles. The van der Waals surface area contributed by atoms with E-state index in [2.05, 4.69) is 34.9 Å². The molecule has 20 heavy (non-hydrogen) atoms. The van der Waals surface area contributed by atoms with Crippen LogP contribution in [0.15, 0.2) is 30.1 Å². The first-order valence-electron chi connectivity index (χ1n) is 6.44. The lowest BCUT2D eigenvalue weighted by Gasteiger charge is -2.10. The Balaban J connectivity index is 2.18. The number of amides is 1. The molecule has 0 bridgehead atoms. The smallest absolute Gasteiger partial charge is 0.233 e. The Kier molecular flexibility index (Phi) is 5.14. The van der Waals surface area contributed by atoms with Gasteiger partial charge in [0.25, 0.3) is 0 Å². The maximum Gasteiger partial charge on any atom is 0.233 e. The molecule has 0 radical (unpaired) electrons. The molecule has 0 aromatic carbocycles. The van der Waals surface area contributed by atoms with Crippen LogP contribution in [0.4, 0.5) is 0 Å². The zero-order valence-corrected chi connectivity index (χ0v) is 13.2. The molecule has 0 saturated carbocycles. The van der Waals surface area contributed by atoms with Gasteiger partial charge in [-0.25, -0.2) is 9.97 Å². The molecule has 2 aromatic rings. The quantitative estimate of drug-likeness (QED) is 0.506. The van der Waals surface area contributed by atoms with Crippen molar-refractivity contribution in [3.63, 3.8) is 0 Å². The van der Waals surface area contributed by atoms with Crippen molar-refractivity contribution in [3.05, 3.63) is 29.9 Å². The number of nitrogens with one attached hydrogen (secondary N) is 1. The molecule has 0 aliphatic rings. The van der Waals surface area contributed by atoms with Crippen LogP contribution in [0, 0.1) is 0 Å². The normalized spacial score (nSPS) is 12.3. The molecular weight excluding hydrogens is 290 g/mol. The van der Waals surface area contributed by atoms with E-state index in [-0.39, 0.29) is 11.2 Å². The fraction of sp³-hybridized carbons (Fsp3) is 0.357. The molecule has 4 nitrogen and oxygen atoms in total. The third kappa shape index (κ3) is 3.37. The maximum absolute atomic E-state index is 11.9. The molecule has 1 amide bonds. The van der Waals surface area contributed by atoms with Gasteiger partial charge in [-0.05, 0) is 19.4 Å². The summed E-state index contributed by atoms with van der Waals surface area (Å²) in [7, 11) is 0. The van der Waals surface area contributed by atoms with Gasteiger partial charge in [-0.2, -0.15) is 0 Å². The fourth-order valence-corrected chi connectivity index (χ4v) is 3.60. The summed E-state index contributed by atoms with van der Waals surface area (Å²) in [5, 5.41) is 4.51. The van der Waals surface area contributed by atoms with Crippen LogP contribution in [0.5, 0.6) is 0 Å². The minimum atomic E-state index is -0.196. The molecule has 1 N–H and O–H groups in total. The monoisotopic (exact) mass is 307 g/mol. The van der Waals surface area contributed by atoms with Gasteiger partial charge in [-0.3, -0.25) is 4.79 Å². The Morgan fingerprint density at radius 3 is 3.10 bits per heavy atom. The van der Waals surface area contributed by atoms with E-state index in [9.17, 15) is 4.79 Å². The van der Waals surface area contributed by atoms with E-state index in [1.54, 1.807) is 23.7 Å². The summed E-state index contributed by atoms with van der Waals surface area (Å²) in [5.74, 6) is -0.00685. The molecule has 2 aromatic heterocycles. The first-order valence-corrected chi connectivity index (χ1v) is 8.14. The van der Waals surface area contributed by atoms with Gasteiger partial charge < -0.3 is 5.32 Å². The highest BCUT2D eigenvalue weighted by Crippen LogP contribution is 2.32. The molecule has 2 heterocycles. The largest absolute Gasteiger partial charge is 0.352 e. The number of carbonyl (C=O) groups excluding carboxylic acids is 1. The summed E-state index contributed by atoms with van der Waals surface area (Å²) in [6, 6.07) is 2.12. The molecule has 0 saturated heterocycles. The summed E-state index contributed by atoms with van der Waals surface area (Å²) in [6.07, 6.45) is 4.22. The van der Waals surface area contributed by atoms with Crippen LogP contribution >= 0.6 is 23.1 Å². The summed E-state index contributed by atoms with van der Waals surface area (Å²) < 4.78 is 0. The second-order valence-electron chi connectivity index (χ2n) is 4.26. The van der Waals surface area contributed by atoms with Crippen LogP contribution in [-0.4, -0.2) is 27.7 Å². The summed E-state index contributed by atoms with van der Waals surface area (Å²) in [6.45, 7) is 8.08. The zero-order valence-electron chi connectivity index (χ0n) is 11.5. The van der Waals surface area contributed by atoms with Gasteiger partial charge in [0.1, 0.15) is 16.2 Å². The van der Waals surface area contributed by atoms with E-state index in [1.165, 1.54) is 16.6 Å². The number of hydrogen-bond acceptors (Lipinski definition) is 5. The average Bonchev–Trinajstić information content (AvgIpc) is 2.88. The molecule has 6 heteroatoms. The van der Waals surface area contributed by atoms with E-state index in [4.69, 9.17) is 0 Å². The van der Waals surface area contributed by atoms with Gasteiger partial charge in [0, 0.05) is 16.8 Å². The Morgan fingerprint density at radius 1 is 1.60 bits per heavy atom. The molecular formula is C14H17N3OS2. The van der Waals surface area contributed by atoms with E-state index >= 15 is 0 Å². The van der Waals surface area contributed by atoms with Crippen molar-refractivity contribution in [2.24, 2.45) is 0 Å². The third-order valence-electron chi connectivity index (χ3n) is 2.77. The van der Waals surface area contributed by atoms with Crippen LogP contribution in [0.25, 0.3) is 10.2 Å². The summed E-state index contributed by atoms with van der Waals surface area (Å²) in [4.78, 5) is 22.8. The van der Waals surface area contributed by atoms with E-state index in [0.29, 0.717) is 6.54 Å². The Hall–Kier alpha value is -1.40. The van der Waals surface area contributed by atoms with Crippen molar-refractivity contribution in [1.82, 2.24) is 15.3 Å². The fourth-order valence-electron chi connectivity index (χ4n) is 1.69. The van der Waals surface area contributed by atoms with E-state index in [1.807, 2.05) is 6.92 Å². The molecule has 2 rings (SSSR count). The van der Waals surface area contributed by atoms with Gasteiger partial charge in [0.15, 0.2) is 0 Å². The van der Waals surface area contributed by atoms with Gasteiger partial charge in [0.2, 0.25) is 5.91 Å². The van der Waals surface area contributed by atoms with Crippen molar-refractivity contribution in [3.8, 4) is 0 Å². The highest BCUT2D eigenvalue weighted by molar-refractivity contribution is 8.00. The highest BCUT2D eigenvalue weighted by Gasteiger charge is 2.17. The molecule has 0 aliphatic heterocycles. The lowest BCUT2D eigenvalue weighted by Crippen LogP contribution is -2.30. The minimum Gasteiger partial charge on any atom is -0.352 e. The van der Waals surface area contributed by atoms with Crippen molar-refractivity contribution in [1.29, 1.82) is 0 Å². The molecule has 1 atom stereocenters. The van der Waals surface area contributed by atoms with Crippen LogP contribution in [-0.2, 0) is 11.2 Å². The first-order chi connectivity index (χ1) is 9.65. The standard InChI is InChI=1S/C14H17N3OS2/c1-4-6-15-12(18)9(3)19-13-11-7-10(5-2)20-14(11)17-8-16-13/h4,7-9H,1,5-6H2,2-3H3,(H,15,18). The number of fused-ring (bicyclic) bond motifs is 1. The summed E-state index contributed by atoms with van der Waals surface area (Å²) in [5.41, 5.74) is 0. The van der Waals surface area contributed by atoms with Gasteiger partial charge in [-0.1, -0.05) is 24.8 Å². The van der Waals surface area contributed by atoms with Crippen molar-refractivity contribution < 1.29 is 4.79 Å². The van der Waals surface area contributed by atoms with Crippen molar-refractivity contribution in [2.45, 2.75) is 30.5 Å². The summed E-state index contributed by atoms with van der Waals surface area (Å²) >= 11 is 3.15. The maximum atomic E-state index is 11.9. The lowest BCUT2D eigenvalue weighted by atomic mass is 10.3. The highest BCUT2D eigenvalue weighted by atomic mass is 32.2. The second kappa shape index (κ2) is 6.85. The van der Waals surface area contributed by atoms with Gasteiger partial charge in [-0.15, -0.1) is 17.9 Å². The minimum absolute atomic E-state index is 0.00685. The predicted molar refractivity (Wildman–Crippen MR) is 85.3 cm³/mol. The Bertz CT molecular complexity index is 624. The number of nitrogens with zero attached hydrogens (tertiary/aromatic N) is 2. The number of thioether (sulfide) groups is 1. The first kappa shape index (κ1) is 15.0. The van der Waals surface area contributed by atoms with Crippen LogP contribution < -0.4 is 5.32 Å². The predicted octanol–water partition coefficient (Wildman–Crippen LogP) is 3.04. The van der Waals surface area contributed by atoms with E-state index < -0.39 is 0 Å². The van der Waals surface area contributed by atoms with Crippen molar-refractivity contribution >= 4 is 39.2 Å². The van der Waals surface area contributed by atoms with E-state index in [0.717, 1.165) is 21.7 Å². The number of hydrogen-bond donors (Lipinski definition) is 1. The number of carbonyl (C=O) groups is 1. The van der Waals surface area contributed by atoms with Crippen molar-refractivity contribution in [2.75, 3.05) is 6.54 Å². The SMILES string of the molecule is C=CCNC(=O)C(C)Sc1ncnc2sc(CC)cc12. The third-order valence-corrected chi connectivity index (χ3v) is 5.07. The number of thiophene rings is 1. The Labute approximate surface area is 126 Å². The lowest BCUT2D eigenvalue weighted by molar-refractivity contribution is -0.120. The molecule has 1 unspecified atom stereocenters. The molecule has 0 fully saturated rings. The Morgan fingerprint density at radius 2 is 2.40 bits per heavy atom.